The van der Waals surface area contributed by atoms with Crippen LogP contribution in [-0.4, -0.2) is 25.8 Å². The van der Waals surface area contributed by atoms with Crippen LogP contribution < -0.4 is 10.2 Å². The van der Waals surface area contributed by atoms with Crippen LogP contribution >= 0.6 is 0 Å². The molecule has 1 aromatic rings. The largest absolute Gasteiger partial charge is 0.449 e. The first kappa shape index (κ1) is 13.9. The van der Waals surface area contributed by atoms with E-state index in [2.05, 4.69) is 18.3 Å². The zero-order valence-electron chi connectivity index (χ0n) is 11.7. The number of anilines is 1. The van der Waals surface area contributed by atoms with Crippen LogP contribution in [0.2, 0.25) is 0 Å². The number of fused-ring (bicyclic) bond motifs is 1. The highest BCUT2D eigenvalue weighted by atomic mass is 16.6. The lowest BCUT2D eigenvalue weighted by Gasteiger charge is -2.34. The van der Waals surface area contributed by atoms with E-state index < -0.39 is 0 Å². The molecule has 19 heavy (non-hydrogen) atoms. The van der Waals surface area contributed by atoms with E-state index in [0.29, 0.717) is 19.2 Å². The van der Waals surface area contributed by atoms with Crippen molar-refractivity contribution in [2.24, 2.45) is 0 Å². The summed E-state index contributed by atoms with van der Waals surface area (Å²) in [5.41, 5.74) is 2.16. The normalized spacial score (nSPS) is 18.0. The maximum Gasteiger partial charge on any atom is 0.414 e. The number of nitrogens with zero attached hydrogens (tertiary/aromatic N) is 1. The van der Waals surface area contributed by atoms with Gasteiger partial charge in [0.2, 0.25) is 0 Å². The Labute approximate surface area is 114 Å². The highest BCUT2D eigenvalue weighted by Crippen LogP contribution is 2.33. The predicted molar refractivity (Wildman–Crippen MR) is 76.5 cm³/mol. The number of hydrogen-bond donors (Lipinski definition) is 1. The Morgan fingerprint density at radius 2 is 2.21 bits per heavy atom. The number of rotatable bonds is 4. The van der Waals surface area contributed by atoms with Crippen LogP contribution in [-0.2, 0) is 4.74 Å². The number of carbonyl (C=O) groups is 1. The number of hydrogen-bond acceptors (Lipinski definition) is 3. The summed E-state index contributed by atoms with van der Waals surface area (Å²) in [6.45, 7) is 6.11. The Morgan fingerprint density at radius 3 is 2.95 bits per heavy atom. The number of para-hydroxylation sites is 1. The molecule has 1 aliphatic rings. The lowest BCUT2D eigenvalue weighted by Crippen LogP contribution is -2.40. The van der Waals surface area contributed by atoms with Crippen LogP contribution in [0.3, 0.4) is 0 Å². The summed E-state index contributed by atoms with van der Waals surface area (Å²) in [7, 11) is 0. The van der Waals surface area contributed by atoms with Gasteiger partial charge in [0.25, 0.3) is 0 Å². The molecule has 104 valence electrons. The zero-order chi connectivity index (χ0) is 13.7. The van der Waals surface area contributed by atoms with Gasteiger partial charge in [-0.1, -0.05) is 25.1 Å². The van der Waals surface area contributed by atoms with E-state index in [1.807, 2.05) is 25.1 Å². The second-order valence-corrected chi connectivity index (χ2v) is 4.70. The molecule has 1 N–H and O–H groups in total. The Morgan fingerprint density at radius 1 is 1.42 bits per heavy atom. The summed E-state index contributed by atoms with van der Waals surface area (Å²) in [5.74, 6) is 0. The van der Waals surface area contributed by atoms with Gasteiger partial charge >= 0.3 is 6.09 Å². The van der Waals surface area contributed by atoms with E-state index in [-0.39, 0.29) is 6.09 Å². The number of benzene rings is 1. The molecule has 0 aliphatic carbocycles. The van der Waals surface area contributed by atoms with Gasteiger partial charge in [0.05, 0.1) is 12.3 Å². The molecule has 4 nitrogen and oxygen atoms in total. The molecule has 1 heterocycles. The van der Waals surface area contributed by atoms with Crippen molar-refractivity contribution in [1.82, 2.24) is 5.32 Å². The van der Waals surface area contributed by atoms with Gasteiger partial charge < -0.3 is 10.1 Å². The van der Waals surface area contributed by atoms with Crippen molar-refractivity contribution < 1.29 is 9.53 Å². The molecule has 1 amide bonds. The van der Waals surface area contributed by atoms with E-state index in [4.69, 9.17) is 4.74 Å². The third-order valence-corrected chi connectivity index (χ3v) is 3.37. The van der Waals surface area contributed by atoms with Crippen LogP contribution in [0, 0.1) is 0 Å². The molecular formula is C15H22N2O2. The molecule has 2 rings (SSSR count). The standard InChI is InChI=1S/C15H22N2O2/c1-3-10-16-13-9-11-17(15(18)19-4-2)14-8-6-5-7-12(13)14/h5-8,13,16H,3-4,9-11H2,1-2H3. The molecule has 0 saturated carbocycles. The number of amides is 1. The summed E-state index contributed by atoms with van der Waals surface area (Å²) >= 11 is 0. The molecular weight excluding hydrogens is 240 g/mol. The maximum absolute atomic E-state index is 12.0. The number of carbonyl (C=O) groups excluding carboxylic acids is 1. The summed E-state index contributed by atoms with van der Waals surface area (Å²) in [6.07, 6.45) is 1.79. The summed E-state index contributed by atoms with van der Waals surface area (Å²) in [5, 5.41) is 3.54. The van der Waals surface area contributed by atoms with Crippen molar-refractivity contribution in [2.75, 3.05) is 24.6 Å². The van der Waals surface area contributed by atoms with E-state index in [9.17, 15) is 4.79 Å². The van der Waals surface area contributed by atoms with Crippen molar-refractivity contribution in [3.63, 3.8) is 0 Å². The topological polar surface area (TPSA) is 41.6 Å². The Kier molecular flexibility index (Phi) is 4.80. The monoisotopic (exact) mass is 262 g/mol. The van der Waals surface area contributed by atoms with Gasteiger partial charge in [0.15, 0.2) is 0 Å². The zero-order valence-corrected chi connectivity index (χ0v) is 11.7. The minimum Gasteiger partial charge on any atom is -0.449 e. The minimum atomic E-state index is -0.246. The van der Waals surface area contributed by atoms with Crippen LogP contribution in [0.5, 0.6) is 0 Å². The van der Waals surface area contributed by atoms with Gasteiger partial charge in [-0.05, 0) is 37.9 Å². The lowest BCUT2D eigenvalue weighted by molar-refractivity contribution is 0.158. The van der Waals surface area contributed by atoms with Crippen LogP contribution in [0.25, 0.3) is 0 Å². The van der Waals surface area contributed by atoms with Gasteiger partial charge in [-0.15, -0.1) is 0 Å². The lowest BCUT2D eigenvalue weighted by atomic mass is 9.96. The fourth-order valence-electron chi connectivity index (χ4n) is 2.48. The maximum atomic E-state index is 12.0. The summed E-state index contributed by atoms with van der Waals surface area (Å²) in [6, 6.07) is 8.41. The average Bonchev–Trinajstić information content (AvgIpc) is 2.45. The number of nitrogens with one attached hydrogen (secondary N) is 1. The predicted octanol–water partition coefficient (Wildman–Crippen LogP) is 3.09. The third kappa shape index (κ3) is 3.07. The molecule has 1 aliphatic heterocycles. The first-order valence-corrected chi connectivity index (χ1v) is 7.04. The summed E-state index contributed by atoms with van der Waals surface area (Å²) in [4.78, 5) is 13.7. The van der Waals surface area contributed by atoms with Crippen molar-refractivity contribution in [3.05, 3.63) is 29.8 Å². The minimum absolute atomic E-state index is 0.246. The molecule has 1 unspecified atom stereocenters. The van der Waals surface area contributed by atoms with E-state index >= 15 is 0 Å². The van der Waals surface area contributed by atoms with Gasteiger partial charge in [-0.25, -0.2) is 4.79 Å². The van der Waals surface area contributed by atoms with Crippen molar-refractivity contribution >= 4 is 11.8 Å². The van der Waals surface area contributed by atoms with Gasteiger partial charge in [-0.2, -0.15) is 0 Å². The molecule has 0 radical (unpaired) electrons. The van der Waals surface area contributed by atoms with Gasteiger partial charge in [0.1, 0.15) is 0 Å². The van der Waals surface area contributed by atoms with E-state index in [0.717, 1.165) is 25.1 Å². The summed E-state index contributed by atoms with van der Waals surface area (Å²) < 4.78 is 5.12. The van der Waals surface area contributed by atoms with Crippen LogP contribution in [0.4, 0.5) is 10.5 Å². The second kappa shape index (κ2) is 6.57. The molecule has 0 fully saturated rings. The SMILES string of the molecule is CCCNC1CCN(C(=O)OCC)c2ccccc21. The van der Waals surface area contributed by atoms with Crippen molar-refractivity contribution in [1.29, 1.82) is 0 Å². The quantitative estimate of drug-likeness (QED) is 0.906. The molecule has 0 bridgehead atoms. The number of ether oxygens (including phenoxy) is 1. The highest BCUT2D eigenvalue weighted by molar-refractivity contribution is 5.89. The molecule has 0 spiro atoms. The van der Waals surface area contributed by atoms with Crippen LogP contribution in [0.1, 0.15) is 38.3 Å². The second-order valence-electron chi connectivity index (χ2n) is 4.70. The van der Waals surface area contributed by atoms with Gasteiger partial charge in [-0.3, -0.25) is 4.90 Å². The molecule has 4 heteroatoms. The molecule has 1 aromatic carbocycles. The first-order chi connectivity index (χ1) is 9.27. The van der Waals surface area contributed by atoms with Crippen LogP contribution in [0.15, 0.2) is 24.3 Å². The Hall–Kier alpha value is -1.55. The Bertz CT molecular complexity index is 434. The molecule has 1 atom stereocenters. The van der Waals surface area contributed by atoms with E-state index in [1.54, 1.807) is 4.90 Å². The molecule has 0 aromatic heterocycles. The smallest absolute Gasteiger partial charge is 0.414 e. The average molecular weight is 262 g/mol. The fourth-order valence-corrected chi connectivity index (χ4v) is 2.48. The van der Waals surface area contributed by atoms with Crippen molar-refractivity contribution in [3.8, 4) is 0 Å². The van der Waals surface area contributed by atoms with Crippen molar-refractivity contribution in [2.45, 2.75) is 32.7 Å². The Balaban J connectivity index is 2.21. The fraction of sp³-hybridized carbons (Fsp3) is 0.533. The highest BCUT2D eigenvalue weighted by Gasteiger charge is 2.28. The first-order valence-electron chi connectivity index (χ1n) is 7.04. The molecule has 0 saturated heterocycles. The van der Waals surface area contributed by atoms with Gasteiger partial charge in [0, 0.05) is 12.6 Å². The van der Waals surface area contributed by atoms with E-state index in [1.165, 1.54) is 5.56 Å². The third-order valence-electron chi connectivity index (χ3n) is 3.37.